The van der Waals surface area contributed by atoms with Crippen molar-refractivity contribution >= 4 is 41.7 Å². The molecule has 0 saturated heterocycles. The highest BCUT2D eigenvalue weighted by Gasteiger charge is 2.18. The minimum absolute atomic E-state index is 0.0319. The smallest absolute Gasteiger partial charge is 0.232 e. The van der Waals surface area contributed by atoms with E-state index >= 15 is 0 Å². The van der Waals surface area contributed by atoms with Crippen molar-refractivity contribution in [2.45, 2.75) is 13.3 Å². The first kappa shape index (κ1) is 18.4. The van der Waals surface area contributed by atoms with E-state index in [2.05, 4.69) is 20.7 Å². The van der Waals surface area contributed by atoms with Crippen LogP contribution in [0.25, 0.3) is 0 Å². The fraction of sp³-hybridized carbons (Fsp3) is 0.500. The maximum atomic E-state index is 11.8. The molecule has 1 aromatic carbocycles. The van der Waals surface area contributed by atoms with E-state index in [9.17, 15) is 16.8 Å². The Balaban J connectivity index is 2.80. The average Bonchev–Trinajstić information content (AvgIpc) is 2.34. The summed E-state index contributed by atoms with van der Waals surface area (Å²) in [6, 6.07) is 6.78. The van der Waals surface area contributed by atoms with E-state index in [4.69, 9.17) is 0 Å². The third-order valence-corrected chi connectivity index (χ3v) is 5.94. The molecule has 1 aromatic rings. The summed E-state index contributed by atoms with van der Waals surface area (Å²) < 4.78 is 51.2. The van der Waals surface area contributed by atoms with E-state index in [1.807, 2.05) is 0 Å². The molecule has 0 fully saturated rings. The molecule has 0 spiro atoms. The van der Waals surface area contributed by atoms with E-state index in [1.165, 1.54) is 4.31 Å². The van der Waals surface area contributed by atoms with Crippen molar-refractivity contribution in [3.8, 4) is 0 Å². The van der Waals surface area contributed by atoms with Crippen molar-refractivity contribution in [1.29, 1.82) is 0 Å². The van der Waals surface area contributed by atoms with Crippen LogP contribution >= 0.6 is 15.9 Å². The van der Waals surface area contributed by atoms with Crippen LogP contribution in [0.3, 0.4) is 0 Å². The van der Waals surface area contributed by atoms with Gasteiger partial charge in [0.15, 0.2) is 0 Å². The lowest BCUT2D eigenvalue weighted by molar-refractivity contribution is 0.577. The highest BCUT2D eigenvalue weighted by atomic mass is 79.9. The van der Waals surface area contributed by atoms with Crippen LogP contribution in [0.4, 0.5) is 5.69 Å². The van der Waals surface area contributed by atoms with Crippen LogP contribution in [-0.2, 0) is 20.0 Å². The van der Waals surface area contributed by atoms with Gasteiger partial charge in [-0.1, -0.05) is 22.9 Å². The standard InChI is InChI=1S/C12H19BrN2O4S2/c1-3-10-21(18,19)14-8-9-15(20(2,16)17)12-6-4-11(13)5-7-12/h4-7,14H,3,8-10H2,1-2H3. The molecular weight excluding hydrogens is 380 g/mol. The summed E-state index contributed by atoms with van der Waals surface area (Å²) in [7, 11) is -6.82. The molecule has 0 heterocycles. The first-order chi connectivity index (χ1) is 9.65. The van der Waals surface area contributed by atoms with Crippen LogP contribution in [0.15, 0.2) is 28.7 Å². The van der Waals surface area contributed by atoms with Crippen molar-refractivity contribution in [3.05, 3.63) is 28.7 Å². The van der Waals surface area contributed by atoms with Gasteiger partial charge in [-0.2, -0.15) is 0 Å². The largest absolute Gasteiger partial charge is 0.269 e. The average molecular weight is 399 g/mol. The van der Waals surface area contributed by atoms with Crippen molar-refractivity contribution in [1.82, 2.24) is 4.72 Å². The molecule has 0 bridgehead atoms. The van der Waals surface area contributed by atoms with E-state index in [0.717, 1.165) is 10.7 Å². The molecule has 0 aliphatic rings. The number of anilines is 1. The Morgan fingerprint density at radius 2 is 1.71 bits per heavy atom. The summed E-state index contributed by atoms with van der Waals surface area (Å²) in [5.74, 6) is 0.0319. The number of sulfonamides is 2. The Morgan fingerprint density at radius 1 is 1.14 bits per heavy atom. The second-order valence-corrected chi connectivity index (χ2v) is 9.27. The Bertz CT molecular complexity index is 657. The van der Waals surface area contributed by atoms with Crippen molar-refractivity contribution < 1.29 is 16.8 Å². The third kappa shape index (κ3) is 6.33. The van der Waals surface area contributed by atoms with Gasteiger partial charge >= 0.3 is 0 Å². The number of halogens is 1. The van der Waals surface area contributed by atoms with Gasteiger partial charge in [0.05, 0.1) is 17.7 Å². The lowest BCUT2D eigenvalue weighted by atomic mass is 10.3. The number of hydrogen-bond donors (Lipinski definition) is 1. The number of rotatable bonds is 8. The van der Waals surface area contributed by atoms with Gasteiger partial charge in [-0.3, -0.25) is 4.31 Å². The van der Waals surface area contributed by atoms with Crippen molar-refractivity contribution in [2.75, 3.05) is 29.4 Å². The van der Waals surface area contributed by atoms with Gasteiger partial charge in [-0.05, 0) is 30.7 Å². The third-order valence-electron chi connectivity index (χ3n) is 2.62. The monoisotopic (exact) mass is 398 g/mol. The fourth-order valence-electron chi connectivity index (χ4n) is 1.74. The van der Waals surface area contributed by atoms with Gasteiger partial charge in [0.1, 0.15) is 0 Å². The quantitative estimate of drug-likeness (QED) is 0.719. The van der Waals surface area contributed by atoms with Crippen LogP contribution in [0.1, 0.15) is 13.3 Å². The number of hydrogen-bond acceptors (Lipinski definition) is 4. The normalized spacial score (nSPS) is 12.3. The van der Waals surface area contributed by atoms with Crippen LogP contribution in [0.2, 0.25) is 0 Å². The lowest BCUT2D eigenvalue weighted by Crippen LogP contribution is -2.38. The van der Waals surface area contributed by atoms with Gasteiger partial charge in [-0.25, -0.2) is 21.6 Å². The van der Waals surface area contributed by atoms with Gasteiger partial charge in [0, 0.05) is 17.6 Å². The topological polar surface area (TPSA) is 83.6 Å². The minimum Gasteiger partial charge on any atom is -0.269 e. The molecule has 1 rings (SSSR count). The Labute approximate surface area is 134 Å². The number of nitrogens with zero attached hydrogens (tertiary/aromatic N) is 1. The maximum absolute atomic E-state index is 11.8. The molecule has 0 aromatic heterocycles. The second-order valence-electron chi connectivity index (χ2n) is 4.52. The first-order valence-electron chi connectivity index (χ1n) is 6.36. The van der Waals surface area contributed by atoms with E-state index in [-0.39, 0.29) is 18.8 Å². The van der Waals surface area contributed by atoms with Crippen LogP contribution in [0.5, 0.6) is 0 Å². The van der Waals surface area contributed by atoms with Gasteiger partial charge in [0.25, 0.3) is 0 Å². The molecule has 21 heavy (non-hydrogen) atoms. The highest BCUT2D eigenvalue weighted by Crippen LogP contribution is 2.20. The zero-order chi connectivity index (χ0) is 16.1. The molecule has 9 heteroatoms. The molecule has 0 radical (unpaired) electrons. The molecule has 0 atom stereocenters. The SMILES string of the molecule is CCCS(=O)(=O)NCCN(c1ccc(Br)cc1)S(C)(=O)=O. The molecule has 0 aliphatic carbocycles. The highest BCUT2D eigenvalue weighted by molar-refractivity contribution is 9.10. The predicted molar refractivity (Wildman–Crippen MR) is 88.4 cm³/mol. The summed E-state index contributed by atoms with van der Waals surface area (Å²) in [6.07, 6.45) is 1.60. The second kappa shape index (κ2) is 7.57. The molecule has 0 aliphatic heterocycles. The number of nitrogens with one attached hydrogen (secondary N) is 1. The van der Waals surface area contributed by atoms with Crippen LogP contribution in [-0.4, -0.2) is 41.9 Å². The Kier molecular flexibility index (Phi) is 6.64. The summed E-state index contributed by atoms with van der Waals surface area (Å²) in [6.45, 7) is 1.85. The van der Waals surface area contributed by atoms with Gasteiger partial charge < -0.3 is 0 Å². The summed E-state index contributed by atoms with van der Waals surface area (Å²) in [5.41, 5.74) is 0.496. The molecule has 0 saturated carbocycles. The number of benzene rings is 1. The molecule has 0 unspecified atom stereocenters. The van der Waals surface area contributed by atoms with Crippen LogP contribution < -0.4 is 9.03 Å². The maximum Gasteiger partial charge on any atom is 0.232 e. The summed E-state index contributed by atoms with van der Waals surface area (Å²) in [4.78, 5) is 0. The van der Waals surface area contributed by atoms with Crippen molar-refractivity contribution in [3.63, 3.8) is 0 Å². The lowest BCUT2D eigenvalue weighted by Gasteiger charge is -2.22. The van der Waals surface area contributed by atoms with Crippen molar-refractivity contribution in [2.24, 2.45) is 0 Å². The predicted octanol–water partition coefficient (Wildman–Crippen LogP) is 1.54. The molecule has 1 N–H and O–H groups in total. The van der Waals surface area contributed by atoms with E-state index in [0.29, 0.717) is 12.1 Å². The zero-order valence-electron chi connectivity index (χ0n) is 11.9. The first-order valence-corrected chi connectivity index (χ1v) is 10.7. The Hall–Kier alpha value is -0.640. The van der Waals surface area contributed by atoms with Crippen LogP contribution in [0, 0.1) is 0 Å². The minimum atomic E-state index is -3.48. The molecule has 120 valence electrons. The zero-order valence-corrected chi connectivity index (χ0v) is 15.1. The molecule has 0 amide bonds. The van der Waals surface area contributed by atoms with Gasteiger partial charge in [-0.15, -0.1) is 0 Å². The molecular formula is C12H19BrN2O4S2. The fourth-order valence-corrected chi connectivity index (χ4v) is 4.01. The summed E-state index contributed by atoms with van der Waals surface area (Å²) >= 11 is 3.28. The molecule has 6 nitrogen and oxygen atoms in total. The van der Waals surface area contributed by atoms with E-state index < -0.39 is 20.0 Å². The Morgan fingerprint density at radius 3 is 2.19 bits per heavy atom. The summed E-state index contributed by atoms with van der Waals surface area (Å²) in [5, 5.41) is 0. The van der Waals surface area contributed by atoms with E-state index in [1.54, 1.807) is 31.2 Å². The van der Waals surface area contributed by atoms with Gasteiger partial charge in [0.2, 0.25) is 20.0 Å².